The standard InChI is InChI=1S/C11H15FN2O/c1-7-5-9(3-4-10(7)12)14-8(2)6-11(13)15/h3-5,8,14H,6H2,1-2H3,(H2,13,15). The molecule has 1 aromatic rings. The number of nitrogens with one attached hydrogen (secondary N) is 1. The van der Waals surface area contributed by atoms with Crippen molar-refractivity contribution in [2.75, 3.05) is 5.32 Å². The summed E-state index contributed by atoms with van der Waals surface area (Å²) in [6.07, 6.45) is 0.260. The summed E-state index contributed by atoms with van der Waals surface area (Å²) < 4.78 is 12.9. The molecule has 0 radical (unpaired) electrons. The molecular formula is C11H15FN2O. The van der Waals surface area contributed by atoms with Gasteiger partial charge in [-0.3, -0.25) is 4.79 Å². The molecular weight excluding hydrogens is 195 g/mol. The number of hydrogen-bond acceptors (Lipinski definition) is 2. The van der Waals surface area contributed by atoms with Crippen LogP contribution in [-0.2, 0) is 4.79 Å². The fraction of sp³-hybridized carbons (Fsp3) is 0.364. The summed E-state index contributed by atoms with van der Waals surface area (Å²) in [4.78, 5) is 10.6. The number of benzene rings is 1. The Bertz CT molecular complexity index is 366. The molecule has 0 fully saturated rings. The second kappa shape index (κ2) is 4.77. The Morgan fingerprint density at radius 3 is 2.80 bits per heavy atom. The molecule has 0 aliphatic carbocycles. The van der Waals surface area contributed by atoms with E-state index in [1.54, 1.807) is 19.1 Å². The van der Waals surface area contributed by atoms with Gasteiger partial charge in [-0.25, -0.2) is 4.39 Å². The number of amides is 1. The number of rotatable bonds is 4. The van der Waals surface area contributed by atoms with E-state index in [1.807, 2.05) is 6.92 Å². The Morgan fingerprint density at radius 2 is 2.27 bits per heavy atom. The van der Waals surface area contributed by atoms with E-state index in [9.17, 15) is 9.18 Å². The molecule has 1 unspecified atom stereocenters. The molecule has 1 atom stereocenters. The van der Waals surface area contributed by atoms with E-state index in [-0.39, 0.29) is 24.2 Å². The van der Waals surface area contributed by atoms with E-state index in [0.29, 0.717) is 5.56 Å². The van der Waals surface area contributed by atoms with Crippen LogP contribution in [0.1, 0.15) is 18.9 Å². The molecule has 0 aliphatic rings. The molecule has 4 heteroatoms. The highest BCUT2D eigenvalue weighted by molar-refractivity contribution is 5.74. The summed E-state index contributed by atoms with van der Waals surface area (Å²) >= 11 is 0. The van der Waals surface area contributed by atoms with Gasteiger partial charge in [-0.1, -0.05) is 0 Å². The number of primary amides is 1. The van der Waals surface area contributed by atoms with Gasteiger partial charge in [0.1, 0.15) is 5.82 Å². The Balaban J connectivity index is 2.64. The van der Waals surface area contributed by atoms with Crippen molar-refractivity contribution in [3.8, 4) is 0 Å². The molecule has 1 rings (SSSR count). The quantitative estimate of drug-likeness (QED) is 0.796. The molecule has 0 heterocycles. The number of halogens is 1. The van der Waals surface area contributed by atoms with Crippen LogP contribution in [0.25, 0.3) is 0 Å². The molecule has 0 bridgehead atoms. The summed E-state index contributed by atoms with van der Waals surface area (Å²) in [7, 11) is 0. The van der Waals surface area contributed by atoms with Gasteiger partial charge < -0.3 is 11.1 Å². The van der Waals surface area contributed by atoms with Crippen molar-refractivity contribution in [3.05, 3.63) is 29.6 Å². The lowest BCUT2D eigenvalue weighted by atomic mass is 10.1. The number of anilines is 1. The summed E-state index contributed by atoms with van der Waals surface area (Å²) in [6.45, 7) is 3.54. The Hall–Kier alpha value is -1.58. The first-order valence-corrected chi connectivity index (χ1v) is 4.80. The first-order valence-electron chi connectivity index (χ1n) is 4.80. The molecule has 82 valence electrons. The van der Waals surface area contributed by atoms with Crippen molar-refractivity contribution in [2.24, 2.45) is 5.73 Å². The fourth-order valence-corrected chi connectivity index (χ4v) is 1.37. The summed E-state index contributed by atoms with van der Waals surface area (Å²) in [5, 5.41) is 3.07. The molecule has 0 saturated carbocycles. The predicted octanol–water partition coefficient (Wildman–Crippen LogP) is 1.81. The van der Waals surface area contributed by atoms with E-state index in [1.165, 1.54) is 6.07 Å². The van der Waals surface area contributed by atoms with E-state index in [4.69, 9.17) is 5.73 Å². The van der Waals surface area contributed by atoms with Gasteiger partial charge in [0.2, 0.25) is 5.91 Å². The van der Waals surface area contributed by atoms with Gasteiger partial charge in [0, 0.05) is 18.2 Å². The molecule has 0 spiro atoms. The maximum Gasteiger partial charge on any atom is 0.219 e. The van der Waals surface area contributed by atoms with Gasteiger partial charge >= 0.3 is 0 Å². The fourth-order valence-electron chi connectivity index (χ4n) is 1.37. The maximum atomic E-state index is 12.9. The van der Waals surface area contributed by atoms with Crippen molar-refractivity contribution >= 4 is 11.6 Å². The van der Waals surface area contributed by atoms with Gasteiger partial charge in [0.05, 0.1) is 0 Å². The molecule has 0 aliphatic heterocycles. The number of hydrogen-bond donors (Lipinski definition) is 2. The zero-order valence-electron chi connectivity index (χ0n) is 8.88. The Morgan fingerprint density at radius 1 is 1.60 bits per heavy atom. The maximum absolute atomic E-state index is 12.9. The monoisotopic (exact) mass is 210 g/mol. The van der Waals surface area contributed by atoms with Gasteiger partial charge in [0.15, 0.2) is 0 Å². The topological polar surface area (TPSA) is 55.1 Å². The molecule has 0 saturated heterocycles. The van der Waals surface area contributed by atoms with Crippen molar-refractivity contribution < 1.29 is 9.18 Å². The van der Waals surface area contributed by atoms with Crippen LogP contribution in [0.2, 0.25) is 0 Å². The summed E-state index contributed by atoms with van der Waals surface area (Å²) in [5.74, 6) is -0.586. The van der Waals surface area contributed by atoms with E-state index in [0.717, 1.165) is 5.69 Å². The Labute approximate surface area is 88.5 Å². The highest BCUT2D eigenvalue weighted by Crippen LogP contribution is 2.15. The minimum atomic E-state index is -0.353. The highest BCUT2D eigenvalue weighted by atomic mass is 19.1. The second-order valence-corrected chi connectivity index (χ2v) is 3.68. The number of carbonyl (C=O) groups is 1. The van der Waals surface area contributed by atoms with Crippen LogP contribution in [-0.4, -0.2) is 11.9 Å². The van der Waals surface area contributed by atoms with Crippen LogP contribution in [0, 0.1) is 12.7 Å². The number of carbonyl (C=O) groups excluding carboxylic acids is 1. The van der Waals surface area contributed by atoms with Crippen molar-refractivity contribution in [1.82, 2.24) is 0 Å². The minimum absolute atomic E-state index is 0.0487. The van der Waals surface area contributed by atoms with Crippen LogP contribution < -0.4 is 11.1 Å². The van der Waals surface area contributed by atoms with Crippen molar-refractivity contribution in [2.45, 2.75) is 26.3 Å². The highest BCUT2D eigenvalue weighted by Gasteiger charge is 2.06. The van der Waals surface area contributed by atoms with Crippen LogP contribution in [0.15, 0.2) is 18.2 Å². The van der Waals surface area contributed by atoms with Gasteiger partial charge in [-0.2, -0.15) is 0 Å². The lowest BCUT2D eigenvalue weighted by Crippen LogP contribution is -2.23. The molecule has 1 aromatic carbocycles. The normalized spacial score (nSPS) is 12.2. The predicted molar refractivity (Wildman–Crippen MR) is 58.0 cm³/mol. The molecule has 15 heavy (non-hydrogen) atoms. The van der Waals surface area contributed by atoms with Crippen LogP contribution in [0.5, 0.6) is 0 Å². The van der Waals surface area contributed by atoms with E-state index >= 15 is 0 Å². The van der Waals surface area contributed by atoms with Crippen LogP contribution >= 0.6 is 0 Å². The molecule has 3 nitrogen and oxygen atoms in total. The largest absolute Gasteiger partial charge is 0.382 e. The zero-order chi connectivity index (χ0) is 11.4. The third-order valence-electron chi connectivity index (χ3n) is 2.08. The first-order chi connectivity index (χ1) is 6.99. The molecule has 1 amide bonds. The third-order valence-corrected chi connectivity index (χ3v) is 2.08. The van der Waals surface area contributed by atoms with Crippen LogP contribution in [0.3, 0.4) is 0 Å². The second-order valence-electron chi connectivity index (χ2n) is 3.68. The van der Waals surface area contributed by atoms with Crippen LogP contribution in [0.4, 0.5) is 10.1 Å². The SMILES string of the molecule is Cc1cc(NC(C)CC(N)=O)ccc1F. The Kier molecular flexibility index (Phi) is 3.66. The van der Waals surface area contributed by atoms with Crippen molar-refractivity contribution in [1.29, 1.82) is 0 Å². The number of aryl methyl sites for hydroxylation is 1. The lowest BCUT2D eigenvalue weighted by Gasteiger charge is -2.13. The molecule has 0 aromatic heterocycles. The van der Waals surface area contributed by atoms with Gasteiger partial charge in [0.25, 0.3) is 0 Å². The first kappa shape index (κ1) is 11.5. The average Bonchev–Trinajstić information content (AvgIpc) is 2.10. The summed E-state index contributed by atoms with van der Waals surface area (Å²) in [6, 6.07) is 4.69. The van der Waals surface area contributed by atoms with Gasteiger partial charge in [-0.15, -0.1) is 0 Å². The summed E-state index contributed by atoms with van der Waals surface area (Å²) in [5.41, 5.74) is 6.43. The molecule has 3 N–H and O–H groups in total. The third kappa shape index (κ3) is 3.58. The van der Waals surface area contributed by atoms with Crippen molar-refractivity contribution in [3.63, 3.8) is 0 Å². The zero-order valence-corrected chi connectivity index (χ0v) is 8.88. The van der Waals surface area contributed by atoms with Gasteiger partial charge in [-0.05, 0) is 37.6 Å². The smallest absolute Gasteiger partial charge is 0.219 e. The lowest BCUT2D eigenvalue weighted by molar-refractivity contribution is -0.118. The van der Waals surface area contributed by atoms with E-state index in [2.05, 4.69) is 5.32 Å². The number of nitrogens with two attached hydrogens (primary N) is 1. The average molecular weight is 210 g/mol. The van der Waals surface area contributed by atoms with E-state index < -0.39 is 0 Å². The minimum Gasteiger partial charge on any atom is -0.382 e.